The highest BCUT2D eigenvalue weighted by Gasteiger charge is 2.19. The van der Waals surface area contributed by atoms with E-state index < -0.39 is 11.8 Å². The molecule has 5 nitrogen and oxygen atoms in total. The molecule has 6 heteroatoms. The molecular weight excluding hydrogens is 312 g/mol. The van der Waals surface area contributed by atoms with E-state index in [-0.39, 0.29) is 16.9 Å². The topological polar surface area (TPSA) is 83.1 Å². The Bertz CT molecular complexity index is 592. The van der Waals surface area contributed by atoms with E-state index in [9.17, 15) is 4.79 Å². The molecule has 0 spiro atoms. The number of rotatable bonds is 1. The van der Waals surface area contributed by atoms with Gasteiger partial charge >= 0.3 is 6.16 Å². The van der Waals surface area contributed by atoms with Gasteiger partial charge in [0, 0.05) is 6.07 Å². The summed E-state index contributed by atoms with van der Waals surface area (Å²) in [5.74, 6) is 0.129. The number of benzene rings is 1. The first-order valence-electron chi connectivity index (χ1n) is 5.31. The van der Waals surface area contributed by atoms with Crippen LogP contribution >= 0.6 is 15.9 Å². The zero-order valence-corrected chi connectivity index (χ0v) is 12.2. The first kappa shape index (κ1) is 15.0. The average Bonchev–Trinajstić information content (AvgIpc) is 2.28. The lowest BCUT2D eigenvalue weighted by molar-refractivity contribution is 0.0205. The zero-order chi connectivity index (χ0) is 14.6. The fourth-order valence-electron chi connectivity index (χ4n) is 1.18. The summed E-state index contributed by atoms with van der Waals surface area (Å²) >= 11 is 3.17. The molecule has 0 atom stereocenters. The summed E-state index contributed by atoms with van der Waals surface area (Å²) in [6, 6.07) is 6.47. The smallest absolute Gasteiger partial charge is 0.428 e. The van der Waals surface area contributed by atoms with Crippen LogP contribution in [-0.4, -0.2) is 11.8 Å². The third kappa shape index (κ3) is 4.27. The lowest BCUT2D eigenvalue weighted by atomic mass is 10.1. The van der Waals surface area contributed by atoms with Gasteiger partial charge in [0.05, 0.1) is 15.6 Å². The number of carbonyl (C=O) groups excluding carboxylic acids is 1. The van der Waals surface area contributed by atoms with E-state index in [1.165, 1.54) is 12.1 Å². The summed E-state index contributed by atoms with van der Waals surface area (Å²) in [4.78, 5) is 11.5. The highest BCUT2D eigenvalue weighted by atomic mass is 79.9. The van der Waals surface area contributed by atoms with Crippen LogP contribution in [0.4, 0.5) is 4.79 Å². The SMILES string of the molecule is CC(C)(C)OC(=O)Oc1cc(C#N)c(C#N)cc1Br. The van der Waals surface area contributed by atoms with Crippen LogP contribution in [0.15, 0.2) is 16.6 Å². The summed E-state index contributed by atoms with van der Waals surface area (Å²) in [7, 11) is 0. The fourth-order valence-corrected chi connectivity index (χ4v) is 1.60. The summed E-state index contributed by atoms with van der Waals surface area (Å²) < 4.78 is 10.4. The predicted molar refractivity (Wildman–Crippen MR) is 70.4 cm³/mol. The monoisotopic (exact) mass is 322 g/mol. The maximum Gasteiger partial charge on any atom is 0.514 e. The van der Waals surface area contributed by atoms with Crippen molar-refractivity contribution >= 4 is 22.1 Å². The van der Waals surface area contributed by atoms with Crippen LogP contribution in [0.2, 0.25) is 0 Å². The summed E-state index contributed by atoms with van der Waals surface area (Å²) in [6.45, 7) is 5.13. The molecule has 0 aliphatic rings. The second-order valence-electron chi connectivity index (χ2n) is 4.62. The van der Waals surface area contributed by atoms with E-state index in [1.807, 2.05) is 12.1 Å². The van der Waals surface area contributed by atoms with E-state index in [0.717, 1.165) is 0 Å². The molecule has 0 aromatic heterocycles. The first-order chi connectivity index (χ1) is 8.76. The van der Waals surface area contributed by atoms with Crippen LogP contribution in [0.25, 0.3) is 0 Å². The van der Waals surface area contributed by atoms with Gasteiger partial charge < -0.3 is 9.47 Å². The minimum absolute atomic E-state index is 0.129. The first-order valence-corrected chi connectivity index (χ1v) is 6.10. The summed E-state index contributed by atoms with van der Waals surface area (Å²) in [5, 5.41) is 17.7. The van der Waals surface area contributed by atoms with Gasteiger partial charge in [-0.05, 0) is 42.8 Å². The van der Waals surface area contributed by atoms with Gasteiger partial charge in [-0.1, -0.05) is 0 Å². The molecule has 0 saturated heterocycles. The Balaban J connectivity index is 3.01. The van der Waals surface area contributed by atoms with E-state index in [4.69, 9.17) is 20.0 Å². The van der Waals surface area contributed by atoms with Crippen molar-refractivity contribution in [1.82, 2.24) is 0 Å². The number of carbonyl (C=O) groups is 1. The van der Waals surface area contributed by atoms with Crippen molar-refractivity contribution < 1.29 is 14.3 Å². The molecule has 0 radical (unpaired) electrons. The summed E-state index contributed by atoms with van der Waals surface area (Å²) in [5.41, 5.74) is -0.344. The normalized spacial score (nSPS) is 10.2. The van der Waals surface area contributed by atoms with Crippen LogP contribution in [-0.2, 0) is 4.74 Å². The van der Waals surface area contributed by atoms with Crippen molar-refractivity contribution in [3.8, 4) is 17.9 Å². The van der Waals surface area contributed by atoms with Crippen LogP contribution in [0, 0.1) is 22.7 Å². The highest BCUT2D eigenvalue weighted by Crippen LogP contribution is 2.29. The standard InChI is InChI=1S/C13H11BrN2O3/c1-13(2,3)19-12(17)18-11-5-9(7-16)8(6-15)4-10(11)14/h4-5H,1-3H3. The van der Waals surface area contributed by atoms with Crippen molar-refractivity contribution in [1.29, 1.82) is 10.5 Å². The molecule has 0 aliphatic heterocycles. The molecule has 98 valence electrons. The Morgan fingerprint density at radius 2 is 1.74 bits per heavy atom. The number of nitrogens with zero attached hydrogens (tertiary/aromatic N) is 2. The van der Waals surface area contributed by atoms with E-state index in [2.05, 4.69) is 15.9 Å². The quantitative estimate of drug-likeness (QED) is 0.583. The van der Waals surface area contributed by atoms with Crippen molar-refractivity contribution in [3.63, 3.8) is 0 Å². The van der Waals surface area contributed by atoms with Gasteiger partial charge in [-0.25, -0.2) is 4.79 Å². The lowest BCUT2D eigenvalue weighted by Crippen LogP contribution is -2.26. The molecule has 0 aliphatic carbocycles. The maximum atomic E-state index is 11.5. The predicted octanol–water partition coefficient (Wildman–Crippen LogP) is 3.51. The van der Waals surface area contributed by atoms with Crippen LogP contribution in [0.3, 0.4) is 0 Å². The van der Waals surface area contributed by atoms with E-state index >= 15 is 0 Å². The molecule has 1 aromatic carbocycles. The van der Waals surface area contributed by atoms with Crippen LogP contribution in [0.1, 0.15) is 31.9 Å². The minimum Gasteiger partial charge on any atom is -0.428 e. The molecule has 0 bridgehead atoms. The van der Waals surface area contributed by atoms with Crippen molar-refractivity contribution in [2.75, 3.05) is 0 Å². The van der Waals surface area contributed by atoms with Gasteiger partial charge in [-0.3, -0.25) is 0 Å². The lowest BCUT2D eigenvalue weighted by Gasteiger charge is -2.19. The number of ether oxygens (including phenoxy) is 2. The Morgan fingerprint density at radius 1 is 1.21 bits per heavy atom. The molecule has 1 aromatic rings. The van der Waals surface area contributed by atoms with E-state index in [0.29, 0.717) is 4.47 Å². The second-order valence-corrected chi connectivity index (χ2v) is 5.47. The molecule has 0 fully saturated rings. The highest BCUT2D eigenvalue weighted by molar-refractivity contribution is 9.10. The van der Waals surface area contributed by atoms with Gasteiger partial charge in [0.15, 0.2) is 0 Å². The van der Waals surface area contributed by atoms with Gasteiger partial charge in [0.25, 0.3) is 0 Å². The van der Waals surface area contributed by atoms with Crippen LogP contribution < -0.4 is 4.74 Å². The average molecular weight is 323 g/mol. The Hall–Kier alpha value is -2.05. The number of nitriles is 2. The van der Waals surface area contributed by atoms with Crippen LogP contribution in [0.5, 0.6) is 5.75 Å². The van der Waals surface area contributed by atoms with Crippen molar-refractivity contribution in [3.05, 3.63) is 27.7 Å². The fraction of sp³-hybridized carbons (Fsp3) is 0.308. The molecule has 0 amide bonds. The molecule has 1 rings (SSSR count). The Morgan fingerprint density at radius 3 is 2.21 bits per heavy atom. The number of hydrogen-bond acceptors (Lipinski definition) is 5. The molecular formula is C13H11BrN2O3. The van der Waals surface area contributed by atoms with Crippen molar-refractivity contribution in [2.24, 2.45) is 0 Å². The molecule has 0 unspecified atom stereocenters. The Kier molecular flexibility index (Phi) is 4.52. The minimum atomic E-state index is -0.873. The maximum absolute atomic E-state index is 11.5. The second kappa shape index (κ2) is 5.73. The molecule has 0 saturated carbocycles. The third-order valence-electron chi connectivity index (χ3n) is 1.90. The van der Waals surface area contributed by atoms with Gasteiger partial charge in [0.2, 0.25) is 0 Å². The molecule has 0 heterocycles. The van der Waals surface area contributed by atoms with Gasteiger partial charge in [-0.2, -0.15) is 10.5 Å². The third-order valence-corrected chi connectivity index (χ3v) is 2.52. The van der Waals surface area contributed by atoms with Gasteiger partial charge in [-0.15, -0.1) is 0 Å². The zero-order valence-electron chi connectivity index (χ0n) is 10.7. The van der Waals surface area contributed by atoms with E-state index in [1.54, 1.807) is 20.8 Å². The molecule has 0 N–H and O–H groups in total. The molecule has 19 heavy (non-hydrogen) atoms. The number of hydrogen-bond donors (Lipinski definition) is 0. The Labute approximate surface area is 119 Å². The summed E-state index contributed by atoms with van der Waals surface area (Å²) in [6.07, 6.45) is -0.873. The van der Waals surface area contributed by atoms with Gasteiger partial charge in [0.1, 0.15) is 23.5 Å². The number of halogens is 1. The van der Waals surface area contributed by atoms with Crippen molar-refractivity contribution in [2.45, 2.75) is 26.4 Å². The largest absolute Gasteiger partial charge is 0.514 e.